The maximum Gasteiger partial charge on any atom is 0.363 e. The molecule has 4 rings (SSSR count). The molecule has 1 aliphatic heterocycles. The smallest absolute Gasteiger partial charge is 0.363 e. The van der Waals surface area contributed by atoms with Crippen molar-refractivity contribution in [1.29, 1.82) is 0 Å². The molecule has 192 valence electrons. The molecule has 0 unspecified atom stereocenters. The van der Waals surface area contributed by atoms with Crippen molar-refractivity contribution in [2.45, 2.75) is 6.92 Å². The number of rotatable bonds is 7. The number of carbonyl (C=O) groups is 3. The van der Waals surface area contributed by atoms with E-state index in [1.165, 1.54) is 38.3 Å². The van der Waals surface area contributed by atoms with E-state index >= 15 is 0 Å². The quantitative estimate of drug-likeness (QED) is 0.187. The van der Waals surface area contributed by atoms with Crippen LogP contribution >= 0.6 is 27.5 Å². The Labute approximate surface area is 231 Å². The number of esters is 3. The van der Waals surface area contributed by atoms with Crippen LogP contribution in [0.4, 0.5) is 0 Å². The normalized spacial score (nSPS) is 13.8. The molecule has 1 heterocycles. The van der Waals surface area contributed by atoms with Crippen molar-refractivity contribution in [3.63, 3.8) is 0 Å². The van der Waals surface area contributed by atoms with Crippen LogP contribution in [0.5, 0.6) is 17.2 Å². The van der Waals surface area contributed by atoms with E-state index in [0.29, 0.717) is 20.6 Å². The Morgan fingerprint density at radius 1 is 0.974 bits per heavy atom. The van der Waals surface area contributed by atoms with Crippen molar-refractivity contribution in [3.8, 4) is 17.2 Å². The molecular formula is C28H19BrClNO7. The lowest BCUT2D eigenvalue weighted by molar-refractivity contribution is -0.132. The molecule has 0 spiro atoms. The average molecular weight is 597 g/mol. The van der Waals surface area contributed by atoms with Crippen LogP contribution in [0, 0.1) is 0 Å². The lowest BCUT2D eigenvalue weighted by Gasteiger charge is -2.09. The van der Waals surface area contributed by atoms with Gasteiger partial charge in [0.2, 0.25) is 5.90 Å². The molecule has 3 aromatic carbocycles. The highest BCUT2D eigenvalue weighted by atomic mass is 79.9. The number of benzene rings is 3. The lowest BCUT2D eigenvalue weighted by atomic mass is 10.1. The van der Waals surface area contributed by atoms with Crippen LogP contribution in [0.15, 0.2) is 81.9 Å². The summed E-state index contributed by atoms with van der Waals surface area (Å²) in [7, 11) is 1.42. The zero-order valence-electron chi connectivity index (χ0n) is 20.1. The van der Waals surface area contributed by atoms with Crippen molar-refractivity contribution < 1.29 is 33.3 Å². The molecule has 1 aliphatic rings. The highest BCUT2D eigenvalue weighted by Crippen LogP contribution is 2.31. The second-order valence-corrected chi connectivity index (χ2v) is 9.14. The first-order valence-corrected chi connectivity index (χ1v) is 12.2. The van der Waals surface area contributed by atoms with Gasteiger partial charge in [-0.3, -0.25) is 4.79 Å². The van der Waals surface area contributed by atoms with Crippen LogP contribution in [-0.4, -0.2) is 30.9 Å². The van der Waals surface area contributed by atoms with Gasteiger partial charge in [0, 0.05) is 33.6 Å². The predicted octanol–water partition coefficient (Wildman–Crippen LogP) is 6.00. The van der Waals surface area contributed by atoms with Crippen LogP contribution in [0.1, 0.15) is 23.6 Å². The first-order chi connectivity index (χ1) is 18.2. The minimum Gasteiger partial charge on any atom is -0.493 e. The third-order valence-corrected chi connectivity index (χ3v) is 5.79. The highest BCUT2D eigenvalue weighted by molar-refractivity contribution is 9.10. The van der Waals surface area contributed by atoms with E-state index < -0.39 is 17.9 Å². The topological polar surface area (TPSA) is 100 Å². The number of methoxy groups -OCH3 is 1. The number of carbonyl (C=O) groups excluding carboxylic acids is 3. The second kappa shape index (κ2) is 11.9. The van der Waals surface area contributed by atoms with Crippen LogP contribution < -0.4 is 14.2 Å². The first-order valence-electron chi connectivity index (χ1n) is 11.1. The number of hydrogen-bond acceptors (Lipinski definition) is 8. The van der Waals surface area contributed by atoms with Gasteiger partial charge in [-0.05, 0) is 66.2 Å². The third-order valence-electron chi connectivity index (χ3n) is 5.04. The molecule has 0 bridgehead atoms. The van der Waals surface area contributed by atoms with Crippen molar-refractivity contribution in [2.24, 2.45) is 4.99 Å². The third kappa shape index (κ3) is 6.76. The average Bonchev–Trinajstić information content (AvgIpc) is 3.25. The summed E-state index contributed by atoms with van der Waals surface area (Å²) >= 11 is 9.27. The van der Waals surface area contributed by atoms with Crippen LogP contribution in [0.25, 0.3) is 12.2 Å². The van der Waals surface area contributed by atoms with E-state index in [0.717, 1.165) is 5.56 Å². The molecule has 0 saturated heterocycles. The van der Waals surface area contributed by atoms with Crippen molar-refractivity contribution in [3.05, 3.63) is 98.6 Å². The van der Waals surface area contributed by atoms with Gasteiger partial charge in [0.25, 0.3) is 0 Å². The summed E-state index contributed by atoms with van der Waals surface area (Å²) < 4.78 is 21.9. The Bertz CT molecular complexity index is 1510. The molecule has 10 heteroatoms. The minimum atomic E-state index is -0.692. The minimum absolute atomic E-state index is 0.00450. The van der Waals surface area contributed by atoms with Gasteiger partial charge in [-0.1, -0.05) is 39.7 Å². The molecule has 3 aromatic rings. The van der Waals surface area contributed by atoms with Gasteiger partial charge in [-0.25, -0.2) is 14.6 Å². The number of halogens is 2. The molecule has 0 amide bonds. The number of hydrogen-bond donors (Lipinski definition) is 0. The summed E-state index contributed by atoms with van der Waals surface area (Å²) in [4.78, 5) is 40.6. The second-order valence-electron chi connectivity index (χ2n) is 7.78. The van der Waals surface area contributed by atoms with Crippen molar-refractivity contribution in [2.75, 3.05) is 7.11 Å². The molecule has 0 saturated carbocycles. The van der Waals surface area contributed by atoms with E-state index in [4.69, 9.17) is 30.5 Å². The SMILES string of the molecule is COc1cc(C2=N/C(=C\c3cc(Br)ccc3OC(=O)/C=C/c3ccc(Cl)cc3)C(=O)O2)ccc1OC(C)=O. The Morgan fingerprint density at radius 3 is 2.42 bits per heavy atom. The largest absolute Gasteiger partial charge is 0.493 e. The zero-order chi connectivity index (χ0) is 27.2. The van der Waals surface area contributed by atoms with Crippen LogP contribution in [-0.2, 0) is 19.1 Å². The Balaban J connectivity index is 1.58. The summed E-state index contributed by atoms with van der Waals surface area (Å²) in [5.41, 5.74) is 1.63. The van der Waals surface area contributed by atoms with Crippen molar-refractivity contribution >= 4 is 63.5 Å². The fraction of sp³-hybridized carbons (Fsp3) is 0.0714. The molecule has 0 fully saturated rings. The van der Waals surface area contributed by atoms with Crippen molar-refractivity contribution in [1.82, 2.24) is 0 Å². The Morgan fingerprint density at radius 2 is 1.71 bits per heavy atom. The molecule has 0 aromatic heterocycles. The van der Waals surface area contributed by atoms with E-state index in [1.54, 1.807) is 54.6 Å². The molecule has 0 aliphatic carbocycles. The van der Waals surface area contributed by atoms with E-state index in [-0.39, 0.29) is 28.8 Å². The van der Waals surface area contributed by atoms with Gasteiger partial charge in [-0.15, -0.1) is 0 Å². The highest BCUT2D eigenvalue weighted by Gasteiger charge is 2.26. The maximum absolute atomic E-state index is 12.6. The number of nitrogens with zero attached hydrogens (tertiary/aromatic N) is 1. The summed E-state index contributed by atoms with van der Waals surface area (Å²) in [5, 5.41) is 0.590. The molecular weight excluding hydrogens is 578 g/mol. The molecule has 38 heavy (non-hydrogen) atoms. The zero-order valence-corrected chi connectivity index (χ0v) is 22.4. The number of aliphatic imine (C=N–C) groups is 1. The van der Waals surface area contributed by atoms with E-state index in [9.17, 15) is 14.4 Å². The standard InChI is InChI=1S/C28H19BrClNO7/c1-16(32)36-24-10-6-18(15-25(24)35-2)27-31-22(28(34)38-27)14-19-13-20(29)7-11-23(19)37-26(33)12-5-17-3-8-21(30)9-4-17/h3-15H,1-2H3/b12-5+,22-14-. The van der Waals surface area contributed by atoms with Gasteiger partial charge in [0.1, 0.15) is 5.75 Å². The molecule has 0 atom stereocenters. The van der Waals surface area contributed by atoms with Crippen LogP contribution in [0.2, 0.25) is 5.02 Å². The van der Waals surface area contributed by atoms with E-state index in [1.807, 2.05) is 0 Å². The monoisotopic (exact) mass is 595 g/mol. The fourth-order valence-electron chi connectivity index (χ4n) is 3.33. The fourth-order valence-corrected chi connectivity index (χ4v) is 3.83. The Kier molecular flexibility index (Phi) is 8.40. The number of ether oxygens (including phenoxy) is 4. The lowest BCUT2D eigenvalue weighted by Crippen LogP contribution is -2.07. The molecule has 8 nitrogen and oxygen atoms in total. The van der Waals surface area contributed by atoms with Gasteiger partial charge < -0.3 is 18.9 Å². The summed E-state index contributed by atoms with van der Waals surface area (Å²) in [6.45, 7) is 1.27. The van der Waals surface area contributed by atoms with Gasteiger partial charge in [-0.2, -0.15) is 0 Å². The molecule has 0 N–H and O–H groups in total. The van der Waals surface area contributed by atoms with Crippen LogP contribution in [0.3, 0.4) is 0 Å². The maximum atomic E-state index is 12.6. The van der Waals surface area contributed by atoms with Gasteiger partial charge in [0.05, 0.1) is 7.11 Å². The van der Waals surface area contributed by atoms with Gasteiger partial charge in [0.15, 0.2) is 17.2 Å². The van der Waals surface area contributed by atoms with E-state index in [2.05, 4.69) is 20.9 Å². The molecule has 0 radical (unpaired) electrons. The Hall–Kier alpha value is -4.21. The first kappa shape index (κ1) is 26.8. The summed E-state index contributed by atoms with van der Waals surface area (Å²) in [6, 6.07) is 16.6. The number of cyclic esters (lactones) is 1. The summed E-state index contributed by atoms with van der Waals surface area (Å²) in [6.07, 6.45) is 4.34. The predicted molar refractivity (Wildman–Crippen MR) is 145 cm³/mol. The summed E-state index contributed by atoms with van der Waals surface area (Å²) in [5.74, 6) is -1.07. The van der Waals surface area contributed by atoms with Gasteiger partial charge >= 0.3 is 17.9 Å².